The molecule has 37 heavy (non-hydrogen) atoms. The first-order valence-electron chi connectivity index (χ1n) is 10.8. The number of anilines is 1. The molecule has 1 heterocycles. The monoisotopic (exact) mass is 548 g/mol. The lowest BCUT2D eigenvalue weighted by Gasteiger charge is -2.21. The molecule has 1 aromatic heterocycles. The molecule has 0 radical (unpaired) electrons. The van der Waals surface area contributed by atoms with Crippen LogP contribution >= 0.6 is 11.6 Å². The SMILES string of the molecule is COc1ccc(N(CC(=O)N/N=C\c2ccc(OCC(=O)NCc3ccco3)cc2)S(C)(=O)=O)cc1Cl. The molecule has 0 atom stereocenters. The summed E-state index contributed by atoms with van der Waals surface area (Å²) in [5.74, 6) is 0.520. The Kier molecular flexibility index (Phi) is 9.52. The number of rotatable bonds is 12. The number of furan rings is 1. The van der Waals surface area contributed by atoms with Gasteiger partial charge in [0.05, 0.1) is 43.1 Å². The first kappa shape index (κ1) is 27.6. The van der Waals surface area contributed by atoms with Crippen molar-refractivity contribution in [1.82, 2.24) is 10.7 Å². The van der Waals surface area contributed by atoms with E-state index in [1.54, 1.807) is 36.4 Å². The van der Waals surface area contributed by atoms with Crippen LogP contribution in [0.1, 0.15) is 11.3 Å². The fraction of sp³-hybridized carbons (Fsp3) is 0.208. The molecular formula is C24H25ClN4O7S. The van der Waals surface area contributed by atoms with Gasteiger partial charge in [0.1, 0.15) is 23.8 Å². The van der Waals surface area contributed by atoms with E-state index in [1.165, 1.54) is 37.8 Å². The molecule has 2 aromatic carbocycles. The van der Waals surface area contributed by atoms with Gasteiger partial charge in [-0.15, -0.1) is 0 Å². The minimum atomic E-state index is -3.78. The van der Waals surface area contributed by atoms with Gasteiger partial charge in [0.15, 0.2) is 6.61 Å². The van der Waals surface area contributed by atoms with Gasteiger partial charge in [-0.25, -0.2) is 13.8 Å². The molecule has 0 unspecified atom stereocenters. The highest BCUT2D eigenvalue weighted by Crippen LogP contribution is 2.30. The molecule has 11 nitrogen and oxygen atoms in total. The average Bonchev–Trinajstić information content (AvgIpc) is 3.38. The van der Waals surface area contributed by atoms with Gasteiger partial charge >= 0.3 is 0 Å². The summed E-state index contributed by atoms with van der Waals surface area (Å²) in [7, 11) is -2.35. The molecule has 0 saturated carbocycles. The van der Waals surface area contributed by atoms with E-state index in [9.17, 15) is 18.0 Å². The molecule has 3 aromatic rings. The van der Waals surface area contributed by atoms with Crippen LogP contribution in [0.2, 0.25) is 5.02 Å². The number of benzene rings is 2. The minimum Gasteiger partial charge on any atom is -0.495 e. The Morgan fingerprint density at radius 3 is 2.51 bits per heavy atom. The average molecular weight is 549 g/mol. The quantitative estimate of drug-likeness (QED) is 0.262. The lowest BCUT2D eigenvalue weighted by molar-refractivity contribution is -0.123. The number of amides is 2. The Balaban J connectivity index is 1.49. The molecule has 0 aliphatic carbocycles. The zero-order chi connectivity index (χ0) is 26.8. The van der Waals surface area contributed by atoms with E-state index < -0.39 is 22.5 Å². The Bertz CT molecular complexity index is 1340. The highest BCUT2D eigenvalue weighted by molar-refractivity contribution is 7.92. The molecule has 0 saturated heterocycles. The predicted octanol–water partition coefficient (Wildman–Crippen LogP) is 2.55. The van der Waals surface area contributed by atoms with Crippen molar-refractivity contribution in [2.45, 2.75) is 6.54 Å². The highest BCUT2D eigenvalue weighted by atomic mass is 35.5. The fourth-order valence-corrected chi connectivity index (χ4v) is 4.10. The molecule has 3 rings (SSSR count). The summed E-state index contributed by atoms with van der Waals surface area (Å²) in [6.07, 6.45) is 3.89. The Hall–Kier alpha value is -4.03. The second-order valence-electron chi connectivity index (χ2n) is 7.60. The predicted molar refractivity (Wildman–Crippen MR) is 138 cm³/mol. The zero-order valence-electron chi connectivity index (χ0n) is 20.0. The molecule has 0 aliphatic heterocycles. The van der Waals surface area contributed by atoms with E-state index in [1.807, 2.05) is 0 Å². The molecule has 0 bridgehead atoms. The highest BCUT2D eigenvalue weighted by Gasteiger charge is 2.21. The number of methoxy groups -OCH3 is 1. The maximum absolute atomic E-state index is 12.4. The Labute approximate surface area is 219 Å². The van der Waals surface area contributed by atoms with Gasteiger partial charge in [0.2, 0.25) is 10.0 Å². The van der Waals surface area contributed by atoms with Crippen LogP contribution in [0.25, 0.3) is 0 Å². The second kappa shape index (κ2) is 12.8. The van der Waals surface area contributed by atoms with Crippen LogP contribution in [0.3, 0.4) is 0 Å². The first-order chi connectivity index (χ1) is 17.7. The molecule has 2 amide bonds. The third kappa shape index (κ3) is 8.54. The Morgan fingerprint density at radius 1 is 1.14 bits per heavy atom. The van der Waals surface area contributed by atoms with Gasteiger partial charge < -0.3 is 19.2 Å². The van der Waals surface area contributed by atoms with Crippen LogP contribution < -0.4 is 24.5 Å². The summed E-state index contributed by atoms with van der Waals surface area (Å²) in [6, 6.07) is 14.5. The number of nitrogens with one attached hydrogen (secondary N) is 2. The maximum Gasteiger partial charge on any atom is 0.260 e. The van der Waals surface area contributed by atoms with E-state index in [0.717, 1.165) is 10.6 Å². The van der Waals surface area contributed by atoms with Crippen LogP contribution in [0.5, 0.6) is 11.5 Å². The molecule has 13 heteroatoms. The summed E-state index contributed by atoms with van der Waals surface area (Å²) in [5, 5.41) is 6.74. The summed E-state index contributed by atoms with van der Waals surface area (Å²) in [6.45, 7) is -0.403. The number of hydrazone groups is 1. The zero-order valence-corrected chi connectivity index (χ0v) is 21.6. The molecular weight excluding hydrogens is 524 g/mol. The lowest BCUT2D eigenvalue weighted by atomic mass is 10.2. The number of carbonyl (C=O) groups is 2. The van der Waals surface area contributed by atoms with Crippen molar-refractivity contribution in [2.75, 3.05) is 30.8 Å². The van der Waals surface area contributed by atoms with Crippen molar-refractivity contribution in [3.63, 3.8) is 0 Å². The van der Waals surface area contributed by atoms with E-state index >= 15 is 0 Å². The van der Waals surface area contributed by atoms with Crippen LogP contribution in [0.15, 0.2) is 70.4 Å². The summed E-state index contributed by atoms with van der Waals surface area (Å²) < 4.78 is 41.0. The van der Waals surface area contributed by atoms with Gasteiger partial charge in [-0.1, -0.05) is 11.6 Å². The molecule has 0 fully saturated rings. The fourth-order valence-electron chi connectivity index (χ4n) is 3.00. The van der Waals surface area contributed by atoms with Crippen LogP contribution in [-0.4, -0.2) is 53.0 Å². The summed E-state index contributed by atoms with van der Waals surface area (Å²) in [5.41, 5.74) is 3.14. The number of sulfonamides is 1. The standard InChI is InChI=1S/C24H25ClN4O7S/c1-34-22-10-7-18(12-21(22)25)29(37(2,32)33)15-23(30)28-27-13-17-5-8-19(9-6-17)36-16-24(31)26-14-20-4-3-11-35-20/h3-13H,14-16H2,1-2H3,(H,26,31)(H,28,30)/b27-13-. The van der Waals surface area contributed by atoms with Crippen LogP contribution in [-0.2, 0) is 26.2 Å². The van der Waals surface area contributed by atoms with Crippen molar-refractivity contribution >= 4 is 45.3 Å². The van der Waals surface area contributed by atoms with E-state index in [2.05, 4.69) is 15.8 Å². The second-order valence-corrected chi connectivity index (χ2v) is 9.91. The van der Waals surface area contributed by atoms with Crippen LogP contribution in [0.4, 0.5) is 5.69 Å². The molecule has 2 N–H and O–H groups in total. The van der Waals surface area contributed by atoms with E-state index in [0.29, 0.717) is 22.8 Å². The van der Waals surface area contributed by atoms with E-state index in [4.69, 9.17) is 25.5 Å². The van der Waals surface area contributed by atoms with Crippen molar-refractivity contribution in [1.29, 1.82) is 0 Å². The van der Waals surface area contributed by atoms with Gasteiger partial charge in [-0.05, 0) is 60.2 Å². The molecule has 196 valence electrons. The van der Waals surface area contributed by atoms with Crippen molar-refractivity contribution in [3.8, 4) is 11.5 Å². The maximum atomic E-state index is 12.4. The van der Waals surface area contributed by atoms with Gasteiger partial charge in [-0.3, -0.25) is 13.9 Å². The summed E-state index contributed by atoms with van der Waals surface area (Å²) >= 11 is 6.09. The van der Waals surface area contributed by atoms with Crippen molar-refractivity contribution in [3.05, 3.63) is 77.2 Å². The number of ether oxygens (including phenoxy) is 2. The third-order valence-electron chi connectivity index (χ3n) is 4.80. The van der Waals surface area contributed by atoms with Crippen LogP contribution in [0, 0.1) is 0 Å². The molecule has 0 aliphatic rings. The van der Waals surface area contributed by atoms with Crippen molar-refractivity contribution < 1.29 is 31.9 Å². The first-order valence-corrected chi connectivity index (χ1v) is 13.0. The number of hydrogen-bond donors (Lipinski definition) is 2. The third-order valence-corrected chi connectivity index (χ3v) is 6.24. The smallest absolute Gasteiger partial charge is 0.260 e. The number of nitrogens with zero attached hydrogens (tertiary/aromatic N) is 2. The number of hydrogen-bond acceptors (Lipinski definition) is 8. The number of carbonyl (C=O) groups excluding carboxylic acids is 2. The van der Waals surface area contributed by atoms with Gasteiger partial charge in [0.25, 0.3) is 11.8 Å². The summed E-state index contributed by atoms with van der Waals surface area (Å²) in [4.78, 5) is 24.2. The van der Waals surface area contributed by atoms with Crippen molar-refractivity contribution in [2.24, 2.45) is 5.10 Å². The largest absolute Gasteiger partial charge is 0.495 e. The minimum absolute atomic E-state index is 0.166. The normalized spacial score (nSPS) is 11.2. The van der Waals surface area contributed by atoms with Gasteiger partial charge in [-0.2, -0.15) is 5.10 Å². The Morgan fingerprint density at radius 2 is 1.89 bits per heavy atom. The molecule has 0 spiro atoms. The van der Waals surface area contributed by atoms with Gasteiger partial charge in [0, 0.05) is 0 Å². The number of halogens is 1. The lowest BCUT2D eigenvalue weighted by Crippen LogP contribution is -2.39. The van der Waals surface area contributed by atoms with E-state index in [-0.39, 0.29) is 29.8 Å². The topological polar surface area (TPSA) is 140 Å².